The van der Waals surface area contributed by atoms with Crippen LogP contribution >= 0.6 is 0 Å². The molecule has 4 rings (SSSR count). The van der Waals surface area contributed by atoms with Crippen LogP contribution in [0.5, 0.6) is 0 Å². The molecule has 2 aliphatic carbocycles. The van der Waals surface area contributed by atoms with Crippen LogP contribution in [0.25, 0.3) is 0 Å². The summed E-state index contributed by atoms with van der Waals surface area (Å²) in [6.07, 6.45) is 7.35. The molecule has 2 aliphatic heterocycles. The molecule has 0 spiro atoms. The molecule has 4 heteroatoms. The highest BCUT2D eigenvalue weighted by molar-refractivity contribution is 5.73. The van der Waals surface area contributed by atoms with Gasteiger partial charge in [-0.25, -0.2) is 0 Å². The molecule has 4 nitrogen and oxygen atoms in total. The van der Waals surface area contributed by atoms with Gasteiger partial charge in [-0.2, -0.15) is 0 Å². The minimum Gasteiger partial charge on any atom is -0.465 e. The molecule has 0 aromatic heterocycles. The van der Waals surface area contributed by atoms with E-state index in [1.165, 1.54) is 0 Å². The van der Waals surface area contributed by atoms with Gasteiger partial charge in [0.25, 0.3) is 0 Å². The van der Waals surface area contributed by atoms with Crippen molar-refractivity contribution in [3.8, 4) is 0 Å². The Morgan fingerprint density at radius 2 is 2.05 bits per heavy atom. The topological polar surface area (TPSA) is 51.4 Å². The van der Waals surface area contributed by atoms with Gasteiger partial charge in [0.2, 0.25) is 0 Å². The maximum atomic E-state index is 12.3. The second kappa shape index (κ2) is 4.20. The molecule has 4 aliphatic rings. The Kier molecular flexibility index (Phi) is 2.75. The van der Waals surface area contributed by atoms with Gasteiger partial charge in [-0.15, -0.1) is 0 Å². The van der Waals surface area contributed by atoms with E-state index < -0.39 is 0 Å². The largest absolute Gasteiger partial charge is 0.465 e. The number of fused-ring (bicyclic) bond motifs is 2. The molecule has 2 saturated carbocycles. The highest BCUT2D eigenvalue weighted by atomic mass is 16.6. The third-order valence-electron chi connectivity index (χ3n) is 5.77. The average molecular weight is 280 g/mol. The van der Waals surface area contributed by atoms with E-state index in [1.807, 2.05) is 0 Å². The number of carbonyl (C=O) groups excluding carboxylic acids is 1. The van der Waals surface area contributed by atoms with E-state index in [0.717, 1.165) is 38.5 Å². The molecule has 0 N–H and O–H groups in total. The predicted molar refractivity (Wildman–Crippen MR) is 72.2 cm³/mol. The van der Waals surface area contributed by atoms with Crippen LogP contribution in [-0.4, -0.2) is 36.5 Å². The summed E-state index contributed by atoms with van der Waals surface area (Å²) in [5.41, 5.74) is 0.0796. The fraction of sp³-hybridized carbons (Fsp3) is 0.938. The molecule has 112 valence electrons. The van der Waals surface area contributed by atoms with Gasteiger partial charge in [0.15, 0.2) is 0 Å². The van der Waals surface area contributed by atoms with E-state index in [0.29, 0.717) is 24.9 Å². The SMILES string of the molecule is CC1(COC(=O)C2CCC3OC3(C)C2)CCC2OC2C1. The van der Waals surface area contributed by atoms with E-state index in [2.05, 4.69) is 13.8 Å². The predicted octanol–water partition coefficient (Wildman–Crippen LogP) is 2.44. The minimum atomic E-state index is -0.0360. The standard InChI is InChI=1S/C16H24O4/c1-15(6-5-11-12(8-15)19-11)9-18-14(17)10-3-4-13-16(2,7-10)20-13/h10-13H,3-9H2,1-2H3. The van der Waals surface area contributed by atoms with Crippen LogP contribution < -0.4 is 0 Å². The number of ether oxygens (including phenoxy) is 3. The first-order chi connectivity index (χ1) is 9.47. The van der Waals surface area contributed by atoms with Crippen LogP contribution in [0.4, 0.5) is 0 Å². The van der Waals surface area contributed by atoms with Crippen molar-refractivity contribution in [1.29, 1.82) is 0 Å². The summed E-state index contributed by atoms with van der Waals surface area (Å²) < 4.78 is 16.9. The highest BCUT2D eigenvalue weighted by Crippen LogP contribution is 2.50. The van der Waals surface area contributed by atoms with Crippen molar-refractivity contribution in [2.75, 3.05) is 6.61 Å². The molecule has 20 heavy (non-hydrogen) atoms. The summed E-state index contributed by atoms with van der Waals surface area (Å²) in [6, 6.07) is 0. The second-order valence-electron chi connectivity index (χ2n) is 7.77. The van der Waals surface area contributed by atoms with Gasteiger partial charge in [-0.3, -0.25) is 4.79 Å². The lowest BCUT2D eigenvalue weighted by Crippen LogP contribution is -2.34. The molecule has 0 bridgehead atoms. The zero-order valence-electron chi connectivity index (χ0n) is 12.4. The summed E-state index contributed by atoms with van der Waals surface area (Å²) in [7, 11) is 0. The van der Waals surface area contributed by atoms with Gasteiger partial charge in [-0.05, 0) is 45.4 Å². The van der Waals surface area contributed by atoms with Crippen LogP contribution in [0.1, 0.15) is 52.4 Å². The summed E-state index contributed by atoms with van der Waals surface area (Å²) in [5.74, 6) is 0.0242. The third kappa shape index (κ3) is 2.27. The van der Waals surface area contributed by atoms with Gasteiger partial charge in [0, 0.05) is 5.41 Å². The number of epoxide rings is 2. The van der Waals surface area contributed by atoms with E-state index in [1.54, 1.807) is 0 Å². The fourth-order valence-electron chi connectivity index (χ4n) is 4.17. The fourth-order valence-corrected chi connectivity index (χ4v) is 4.17. The van der Waals surface area contributed by atoms with Gasteiger partial charge in [0.05, 0.1) is 36.4 Å². The maximum Gasteiger partial charge on any atom is 0.309 e. The molecule has 2 saturated heterocycles. The number of hydrogen-bond donors (Lipinski definition) is 0. The molecule has 6 unspecified atom stereocenters. The second-order valence-corrected chi connectivity index (χ2v) is 7.77. The van der Waals surface area contributed by atoms with Crippen molar-refractivity contribution in [1.82, 2.24) is 0 Å². The average Bonchev–Trinajstić information content (AvgIpc) is 3.28. The van der Waals surface area contributed by atoms with Gasteiger partial charge in [-0.1, -0.05) is 6.92 Å². The van der Waals surface area contributed by atoms with E-state index >= 15 is 0 Å². The van der Waals surface area contributed by atoms with Crippen LogP contribution in [0.2, 0.25) is 0 Å². The van der Waals surface area contributed by atoms with Crippen molar-refractivity contribution in [2.24, 2.45) is 11.3 Å². The Hall–Kier alpha value is -0.610. The summed E-state index contributed by atoms with van der Waals surface area (Å²) in [4.78, 5) is 12.3. The number of esters is 1. The lowest BCUT2D eigenvalue weighted by molar-refractivity contribution is -0.153. The molecule has 0 radical (unpaired) electrons. The van der Waals surface area contributed by atoms with Gasteiger partial charge in [0.1, 0.15) is 0 Å². The summed E-state index contributed by atoms with van der Waals surface area (Å²) >= 11 is 0. The first kappa shape index (κ1) is 13.1. The molecular weight excluding hydrogens is 256 g/mol. The quantitative estimate of drug-likeness (QED) is 0.588. The van der Waals surface area contributed by atoms with Gasteiger partial charge < -0.3 is 14.2 Å². The van der Waals surface area contributed by atoms with Crippen LogP contribution in [0, 0.1) is 11.3 Å². The molecule has 2 heterocycles. The lowest BCUT2D eigenvalue weighted by atomic mass is 9.76. The van der Waals surface area contributed by atoms with Crippen molar-refractivity contribution < 1.29 is 19.0 Å². The molecule has 6 atom stereocenters. The van der Waals surface area contributed by atoms with Crippen LogP contribution in [0.15, 0.2) is 0 Å². The van der Waals surface area contributed by atoms with Crippen molar-refractivity contribution in [2.45, 2.75) is 76.3 Å². The van der Waals surface area contributed by atoms with E-state index in [-0.39, 0.29) is 22.9 Å². The first-order valence-corrected chi connectivity index (χ1v) is 7.97. The molecule has 0 aromatic rings. The Balaban J connectivity index is 1.29. The molecule has 0 aromatic carbocycles. The zero-order valence-corrected chi connectivity index (χ0v) is 12.4. The van der Waals surface area contributed by atoms with Crippen molar-refractivity contribution >= 4 is 5.97 Å². The summed E-state index contributed by atoms with van der Waals surface area (Å²) in [6.45, 7) is 4.89. The van der Waals surface area contributed by atoms with Crippen molar-refractivity contribution in [3.63, 3.8) is 0 Å². The first-order valence-electron chi connectivity index (χ1n) is 7.97. The lowest BCUT2D eigenvalue weighted by Gasteiger charge is -2.32. The van der Waals surface area contributed by atoms with Crippen LogP contribution in [-0.2, 0) is 19.0 Å². The number of hydrogen-bond acceptors (Lipinski definition) is 4. The maximum absolute atomic E-state index is 12.3. The highest BCUT2D eigenvalue weighted by Gasteiger charge is 2.57. The molecular formula is C16H24O4. The van der Waals surface area contributed by atoms with E-state index in [9.17, 15) is 4.79 Å². The Morgan fingerprint density at radius 3 is 2.80 bits per heavy atom. The third-order valence-corrected chi connectivity index (χ3v) is 5.77. The zero-order chi connectivity index (χ0) is 14.0. The monoisotopic (exact) mass is 280 g/mol. The normalized spacial score (nSPS) is 52.7. The Labute approximate surface area is 120 Å². The molecule has 4 fully saturated rings. The van der Waals surface area contributed by atoms with Crippen molar-refractivity contribution in [3.05, 3.63) is 0 Å². The summed E-state index contributed by atoms with van der Waals surface area (Å²) in [5, 5.41) is 0. The Morgan fingerprint density at radius 1 is 1.20 bits per heavy atom. The minimum absolute atomic E-state index is 0.0137. The number of carbonyl (C=O) groups is 1. The van der Waals surface area contributed by atoms with E-state index in [4.69, 9.17) is 14.2 Å². The smallest absolute Gasteiger partial charge is 0.309 e. The van der Waals surface area contributed by atoms with Gasteiger partial charge >= 0.3 is 5.97 Å². The van der Waals surface area contributed by atoms with Crippen LogP contribution in [0.3, 0.4) is 0 Å². The number of rotatable bonds is 3. The molecule has 0 amide bonds. The Bertz CT molecular complexity index is 436.